The molecule has 1 heterocycles. The molecule has 0 fully saturated rings. The zero-order valence-corrected chi connectivity index (χ0v) is 14.8. The van der Waals surface area contributed by atoms with Crippen molar-refractivity contribution in [3.05, 3.63) is 57.3 Å². The fraction of sp³-hybridized carbons (Fsp3) is 0.353. The third-order valence-electron chi connectivity index (χ3n) is 3.77. The van der Waals surface area contributed by atoms with Gasteiger partial charge in [-0.25, -0.2) is 4.98 Å². The Hall–Kier alpha value is -3.23. The predicted octanol–water partition coefficient (Wildman–Crippen LogP) is 2.30. The van der Waals surface area contributed by atoms with Crippen LogP contribution < -0.4 is 5.32 Å². The molecule has 0 unspecified atom stereocenters. The standard InChI is InChI=1S/C17H20N4O5/c1-4-18-16(22)13-10-26-15(19-13)9-20(5-2)17(23)12-7-6-11(3)14(8-12)21(24)25/h6-8,10H,4-5,9H2,1-3H3,(H,18,22). The summed E-state index contributed by atoms with van der Waals surface area (Å²) < 4.78 is 5.26. The maximum Gasteiger partial charge on any atom is 0.273 e. The number of hydrogen-bond acceptors (Lipinski definition) is 6. The van der Waals surface area contributed by atoms with Gasteiger partial charge in [-0.2, -0.15) is 0 Å². The van der Waals surface area contributed by atoms with Gasteiger partial charge in [0, 0.05) is 30.3 Å². The Bertz CT molecular complexity index is 830. The molecule has 9 heteroatoms. The molecule has 0 atom stereocenters. The van der Waals surface area contributed by atoms with E-state index >= 15 is 0 Å². The number of benzene rings is 1. The first-order valence-corrected chi connectivity index (χ1v) is 8.14. The zero-order valence-electron chi connectivity index (χ0n) is 14.8. The SMILES string of the molecule is CCNC(=O)c1coc(CN(CC)C(=O)c2ccc(C)c([N+](=O)[O-])c2)n1. The molecule has 0 aliphatic heterocycles. The Morgan fingerprint density at radius 3 is 2.69 bits per heavy atom. The molecule has 0 saturated carbocycles. The molecule has 9 nitrogen and oxygen atoms in total. The number of aryl methyl sites for hydroxylation is 1. The lowest BCUT2D eigenvalue weighted by Crippen LogP contribution is -2.30. The van der Waals surface area contributed by atoms with Gasteiger partial charge in [0.05, 0.1) is 11.5 Å². The van der Waals surface area contributed by atoms with Crippen molar-refractivity contribution in [1.82, 2.24) is 15.2 Å². The van der Waals surface area contributed by atoms with Gasteiger partial charge in [-0.05, 0) is 26.8 Å². The minimum absolute atomic E-state index is 0.0520. The number of hydrogen-bond donors (Lipinski definition) is 1. The first-order valence-electron chi connectivity index (χ1n) is 8.14. The molecule has 2 amide bonds. The molecule has 0 saturated heterocycles. The molecule has 2 aromatic rings. The predicted molar refractivity (Wildman–Crippen MR) is 92.8 cm³/mol. The van der Waals surface area contributed by atoms with Gasteiger partial charge >= 0.3 is 0 Å². The lowest BCUT2D eigenvalue weighted by molar-refractivity contribution is -0.385. The van der Waals surface area contributed by atoms with E-state index in [1.807, 2.05) is 0 Å². The van der Waals surface area contributed by atoms with Crippen molar-refractivity contribution in [1.29, 1.82) is 0 Å². The molecule has 26 heavy (non-hydrogen) atoms. The van der Waals surface area contributed by atoms with Crippen molar-refractivity contribution in [2.75, 3.05) is 13.1 Å². The smallest absolute Gasteiger partial charge is 0.273 e. The number of oxazole rings is 1. The van der Waals surface area contributed by atoms with Crippen LogP contribution in [-0.2, 0) is 6.54 Å². The number of nitro groups is 1. The third kappa shape index (κ3) is 4.24. The summed E-state index contributed by atoms with van der Waals surface area (Å²) in [5.41, 5.74) is 0.714. The quantitative estimate of drug-likeness (QED) is 0.598. The van der Waals surface area contributed by atoms with Crippen LogP contribution in [0.15, 0.2) is 28.9 Å². The Morgan fingerprint density at radius 2 is 2.08 bits per heavy atom. The zero-order chi connectivity index (χ0) is 19.3. The highest BCUT2D eigenvalue weighted by atomic mass is 16.6. The van der Waals surface area contributed by atoms with Crippen LogP contribution in [0, 0.1) is 17.0 Å². The lowest BCUT2D eigenvalue weighted by atomic mass is 10.1. The van der Waals surface area contributed by atoms with Crippen molar-refractivity contribution in [3.63, 3.8) is 0 Å². The minimum Gasteiger partial charge on any atom is -0.446 e. The molecule has 0 aliphatic carbocycles. The van der Waals surface area contributed by atoms with E-state index in [1.165, 1.54) is 23.3 Å². The molecule has 2 rings (SSSR count). The molecule has 0 spiro atoms. The van der Waals surface area contributed by atoms with Gasteiger partial charge in [-0.15, -0.1) is 0 Å². The lowest BCUT2D eigenvalue weighted by Gasteiger charge is -2.19. The van der Waals surface area contributed by atoms with Gasteiger partial charge in [0.1, 0.15) is 6.26 Å². The van der Waals surface area contributed by atoms with Crippen molar-refractivity contribution in [2.24, 2.45) is 0 Å². The monoisotopic (exact) mass is 360 g/mol. The summed E-state index contributed by atoms with van der Waals surface area (Å²) in [6, 6.07) is 4.34. The van der Waals surface area contributed by atoms with E-state index in [-0.39, 0.29) is 41.2 Å². The summed E-state index contributed by atoms with van der Waals surface area (Å²) in [6.45, 7) is 6.04. The van der Waals surface area contributed by atoms with Gasteiger partial charge in [0.2, 0.25) is 5.89 Å². The second kappa shape index (κ2) is 8.24. The molecular weight excluding hydrogens is 340 g/mol. The number of nitrogens with zero attached hydrogens (tertiary/aromatic N) is 3. The molecule has 0 aliphatic rings. The summed E-state index contributed by atoms with van der Waals surface area (Å²) >= 11 is 0. The molecule has 1 aromatic heterocycles. The Kier molecular flexibility index (Phi) is 6.05. The maximum absolute atomic E-state index is 12.7. The number of amides is 2. The van der Waals surface area contributed by atoms with Crippen LogP contribution in [0.25, 0.3) is 0 Å². The van der Waals surface area contributed by atoms with Crippen LogP contribution >= 0.6 is 0 Å². The average Bonchev–Trinajstić information content (AvgIpc) is 3.08. The highest BCUT2D eigenvalue weighted by Crippen LogP contribution is 2.21. The van der Waals surface area contributed by atoms with Crippen LogP contribution in [-0.4, -0.2) is 39.7 Å². The summed E-state index contributed by atoms with van der Waals surface area (Å²) in [6.07, 6.45) is 1.23. The van der Waals surface area contributed by atoms with E-state index in [0.29, 0.717) is 18.7 Å². The van der Waals surface area contributed by atoms with E-state index in [2.05, 4.69) is 10.3 Å². The van der Waals surface area contributed by atoms with Crippen LogP contribution in [0.2, 0.25) is 0 Å². The normalized spacial score (nSPS) is 10.4. The van der Waals surface area contributed by atoms with Crippen LogP contribution in [0.3, 0.4) is 0 Å². The number of nitrogens with one attached hydrogen (secondary N) is 1. The van der Waals surface area contributed by atoms with Crippen LogP contribution in [0.1, 0.15) is 46.1 Å². The van der Waals surface area contributed by atoms with Crippen molar-refractivity contribution in [3.8, 4) is 0 Å². The van der Waals surface area contributed by atoms with E-state index in [9.17, 15) is 19.7 Å². The largest absolute Gasteiger partial charge is 0.446 e. The van der Waals surface area contributed by atoms with Gasteiger partial charge in [0.15, 0.2) is 5.69 Å². The Labute approximate surface area is 150 Å². The van der Waals surface area contributed by atoms with Crippen LogP contribution in [0.4, 0.5) is 5.69 Å². The van der Waals surface area contributed by atoms with Gasteiger partial charge < -0.3 is 14.6 Å². The van der Waals surface area contributed by atoms with Gasteiger partial charge in [-0.3, -0.25) is 19.7 Å². The summed E-state index contributed by atoms with van der Waals surface area (Å²) in [7, 11) is 0. The summed E-state index contributed by atoms with van der Waals surface area (Å²) in [4.78, 5) is 40.4. The molecule has 0 bridgehead atoms. The number of carbonyl (C=O) groups is 2. The van der Waals surface area contributed by atoms with Crippen molar-refractivity contribution < 1.29 is 18.9 Å². The third-order valence-corrected chi connectivity index (χ3v) is 3.77. The fourth-order valence-corrected chi connectivity index (χ4v) is 2.35. The van der Waals surface area contributed by atoms with Crippen molar-refractivity contribution in [2.45, 2.75) is 27.3 Å². The number of carbonyl (C=O) groups excluding carboxylic acids is 2. The molecule has 1 aromatic carbocycles. The second-order valence-electron chi connectivity index (χ2n) is 5.56. The topological polar surface area (TPSA) is 119 Å². The van der Waals surface area contributed by atoms with E-state index < -0.39 is 4.92 Å². The van der Waals surface area contributed by atoms with Crippen molar-refractivity contribution >= 4 is 17.5 Å². The molecule has 138 valence electrons. The molecule has 1 N–H and O–H groups in total. The Morgan fingerprint density at radius 1 is 1.35 bits per heavy atom. The summed E-state index contributed by atoms with van der Waals surface area (Å²) in [5, 5.41) is 13.7. The fourth-order valence-electron chi connectivity index (χ4n) is 2.35. The highest BCUT2D eigenvalue weighted by Gasteiger charge is 2.21. The average molecular weight is 360 g/mol. The second-order valence-corrected chi connectivity index (χ2v) is 5.56. The highest BCUT2D eigenvalue weighted by molar-refractivity contribution is 5.95. The first-order chi connectivity index (χ1) is 12.4. The van der Waals surface area contributed by atoms with E-state index in [1.54, 1.807) is 26.8 Å². The van der Waals surface area contributed by atoms with Gasteiger partial charge in [-0.1, -0.05) is 6.07 Å². The Balaban J connectivity index is 2.18. The molecule has 0 radical (unpaired) electrons. The number of aromatic nitrogens is 1. The summed E-state index contributed by atoms with van der Waals surface area (Å²) in [5.74, 6) is -0.526. The van der Waals surface area contributed by atoms with E-state index in [0.717, 1.165) is 0 Å². The first kappa shape index (κ1) is 19.1. The number of nitro benzene ring substituents is 1. The van der Waals surface area contributed by atoms with Gasteiger partial charge in [0.25, 0.3) is 17.5 Å². The van der Waals surface area contributed by atoms with E-state index in [4.69, 9.17) is 4.42 Å². The maximum atomic E-state index is 12.7. The minimum atomic E-state index is -0.519. The van der Waals surface area contributed by atoms with Crippen LogP contribution in [0.5, 0.6) is 0 Å². The number of rotatable bonds is 7. The molecular formula is C17H20N4O5.